The second-order valence-electron chi connectivity index (χ2n) is 3.43. The van der Waals surface area contributed by atoms with E-state index in [1.165, 1.54) is 16.5 Å². The van der Waals surface area contributed by atoms with Crippen molar-refractivity contribution >= 4 is 21.4 Å². The van der Waals surface area contributed by atoms with E-state index in [2.05, 4.69) is 23.2 Å². The van der Waals surface area contributed by atoms with Crippen molar-refractivity contribution in [1.82, 2.24) is 4.98 Å². The van der Waals surface area contributed by atoms with Gasteiger partial charge in [-0.25, -0.2) is 4.98 Å². The average Bonchev–Trinajstić information content (AvgIpc) is 2.94. The third kappa shape index (κ3) is 1.43. The van der Waals surface area contributed by atoms with Crippen LogP contribution in [0.25, 0.3) is 20.7 Å². The van der Waals surface area contributed by atoms with Gasteiger partial charge in [0.05, 0.1) is 11.5 Å². The molecule has 1 aromatic carbocycles. The molecule has 0 aliphatic heterocycles. The average molecular weight is 231 g/mol. The molecule has 0 saturated carbocycles. The number of oxazole rings is 1. The summed E-state index contributed by atoms with van der Waals surface area (Å²) in [4.78, 5) is 4.97. The number of aliphatic hydroxyl groups excluding tert-OH is 1. The lowest BCUT2D eigenvalue weighted by Crippen LogP contribution is -1.84. The molecule has 3 aromatic rings. The summed E-state index contributed by atoms with van der Waals surface area (Å²) in [6.45, 7) is -0.0971. The van der Waals surface area contributed by atoms with E-state index in [-0.39, 0.29) is 6.61 Å². The Morgan fingerprint density at radius 2 is 2.19 bits per heavy atom. The number of nitrogens with zero attached hydrogens (tertiary/aromatic N) is 1. The molecule has 0 radical (unpaired) electrons. The molecule has 80 valence electrons. The third-order valence-corrected chi connectivity index (χ3v) is 3.56. The van der Waals surface area contributed by atoms with Crippen LogP contribution in [0.3, 0.4) is 0 Å². The number of hydrogen-bond donors (Lipinski definition) is 1. The molecule has 0 spiro atoms. The van der Waals surface area contributed by atoms with Crippen molar-refractivity contribution < 1.29 is 9.52 Å². The summed E-state index contributed by atoms with van der Waals surface area (Å²) in [5.74, 6) is 0.670. The van der Waals surface area contributed by atoms with E-state index in [9.17, 15) is 0 Å². The summed E-state index contributed by atoms with van der Waals surface area (Å²) in [7, 11) is 0. The first-order valence-electron chi connectivity index (χ1n) is 4.90. The predicted molar refractivity (Wildman–Crippen MR) is 63.2 cm³/mol. The highest BCUT2D eigenvalue weighted by molar-refractivity contribution is 7.22. The van der Waals surface area contributed by atoms with Gasteiger partial charge in [0.25, 0.3) is 0 Å². The molecule has 1 N–H and O–H groups in total. The van der Waals surface area contributed by atoms with Gasteiger partial charge in [-0.15, -0.1) is 11.3 Å². The molecule has 0 unspecified atom stereocenters. The minimum Gasteiger partial charge on any atom is -0.442 e. The van der Waals surface area contributed by atoms with E-state index >= 15 is 0 Å². The Kier molecular flexibility index (Phi) is 2.23. The van der Waals surface area contributed by atoms with Crippen LogP contribution in [0.4, 0.5) is 0 Å². The van der Waals surface area contributed by atoms with Crippen LogP contribution in [-0.2, 0) is 6.61 Å². The standard InChI is InChI=1S/C12H9NO2S/c14-6-9-12(15-7-13-9)11-5-8-3-1-2-4-10(8)16-11/h1-5,7,14H,6H2. The second kappa shape index (κ2) is 3.73. The van der Waals surface area contributed by atoms with Gasteiger partial charge in [0.15, 0.2) is 12.2 Å². The van der Waals surface area contributed by atoms with Gasteiger partial charge in [-0.2, -0.15) is 0 Å². The minimum atomic E-state index is -0.0971. The Hall–Kier alpha value is -1.65. The number of thiophene rings is 1. The lowest BCUT2D eigenvalue weighted by atomic mass is 10.2. The van der Waals surface area contributed by atoms with E-state index in [1.807, 2.05) is 12.1 Å². The van der Waals surface area contributed by atoms with Crippen LogP contribution in [0.5, 0.6) is 0 Å². The summed E-state index contributed by atoms with van der Waals surface area (Å²) in [5.41, 5.74) is 0.589. The maximum absolute atomic E-state index is 9.13. The second-order valence-corrected chi connectivity index (χ2v) is 4.52. The number of fused-ring (bicyclic) bond motifs is 1. The molecule has 4 heteroatoms. The van der Waals surface area contributed by atoms with Gasteiger partial charge in [-0.3, -0.25) is 0 Å². The molecule has 3 rings (SSSR count). The minimum absolute atomic E-state index is 0.0971. The number of aromatic nitrogens is 1. The first kappa shape index (κ1) is 9.57. The van der Waals surface area contributed by atoms with Gasteiger partial charge in [0, 0.05) is 4.70 Å². The monoisotopic (exact) mass is 231 g/mol. The first-order chi connectivity index (χ1) is 7.88. The summed E-state index contributed by atoms with van der Waals surface area (Å²) >= 11 is 1.64. The van der Waals surface area contributed by atoms with E-state index in [4.69, 9.17) is 9.52 Å². The Morgan fingerprint density at radius 3 is 3.00 bits per heavy atom. The molecular weight excluding hydrogens is 222 g/mol. The van der Waals surface area contributed by atoms with E-state index in [0.717, 1.165) is 4.88 Å². The SMILES string of the molecule is OCc1ncoc1-c1cc2ccccc2s1. The molecule has 0 atom stereocenters. The molecule has 16 heavy (non-hydrogen) atoms. The molecule has 0 amide bonds. The van der Waals surface area contributed by atoms with Crippen molar-refractivity contribution in [2.75, 3.05) is 0 Å². The van der Waals surface area contributed by atoms with Crippen molar-refractivity contribution in [1.29, 1.82) is 0 Å². The molecule has 2 heterocycles. The van der Waals surface area contributed by atoms with Crippen LogP contribution in [0.1, 0.15) is 5.69 Å². The lowest BCUT2D eigenvalue weighted by Gasteiger charge is -1.92. The van der Waals surface area contributed by atoms with Crippen LogP contribution in [0, 0.1) is 0 Å². The molecule has 0 bridgehead atoms. The van der Waals surface area contributed by atoms with Crippen LogP contribution >= 0.6 is 11.3 Å². The fourth-order valence-corrected chi connectivity index (χ4v) is 2.75. The molecule has 0 aliphatic rings. The zero-order valence-electron chi connectivity index (χ0n) is 8.38. The zero-order chi connectivity index (χ0) is 11.0. The maximum atomic E-state index is 9.13. The van der Waals surface area contributed by atoms with Crippen LogP contribution in [0.15, 0.2) is 41.1 Å². The van der Waals surface area contributed by atoms with E-state index in [1.54, 1.807) is 11.3 Å². The van der Waals surface area contributed by atoms with Crippen molar-refractivity contribution in [3.8, 4) is 10.6 Å². The number of hydrogen-bond acceptors (Lipinski definition) is 4. The van der Waals surface area contributed by atoms with Gasteiger partial charge in [0.2, 0.25) is 0 Å². The smallest absolute Gasteiger partial charge is 0.181 e. The first-order valence-corrected chi connectivity index (χ1v) is 5.72. The summed E-state index contributed by atoms with van der Waals surface area (Å²) in [6.07, 6.45) is 1.37. The normalized spacial score (nSPS) is 11.1. The Balaban J connectivity index is 2.19. The summed E-state index contributed by atoms with van der Waals surface area (Å²) in [6, 6.07) is 10.2. The van der Waals surface area contributed by atoms with Gasteiger partial charge in [-0.05, 0) is 17.5 Å². The molecule has 3 nitrogen and oxygen atoms in total. The van der Waals surface area contributed by atoms with Crippen molar-refractivity contribution in [2.24, 2.45) is 0 Å². The molecule has 2 aromatic heterocycles. The Labute approximate surface area is 96.0 Å². The highest BCUT2D eigenvalue weighted by Crippen LogP contribution is 2.34. The van der Waals surface area contributed by atoms with Gasteiger partial charge < -0.3 is 9.52 Å². The molecular formula is C12H9NO2S. The number of rotatable bonds is 2. The molecule has 0 saturated heterocycles. The van der Waals surface area contributed by atoms with Crippen LogP contribution < -0.4 is 0 Å². The van der Waals surface area contributed by atoms with Gasteiger partial charge in [-0.1, -0.05) is 18.2 Å². The van der Waals surface area contributed by atoms with E-state index < -0.39 is 0 Å². The fourth-order valence-electron chi connectivity index (χ4n) is 1.68. The highest BCUT2D eigenvalue weighted by atomic mass is 32.1. The Bertz CT molecular complexity index is 594. The number of aliphatic hydroxyl groups is 1. The van der Waals surface area contributed by atoms with Crippen LogP contribution in [0.2, 0.25) is 0 Å². The van der Waals surface area contributed by atoms with Crippen molar-refractivity contribution in [3.05, 3.63) is 42.4 Å². The third-order valence-electron chi connectivity index (χ3n) is 2.44. The van der Waals surface area contributed by atoms with Crippen molar-refractivity contribution in [2.45, 2.75) is 6.61 Å². The van der Waals surface area contributed by atoms with Crippen LogP contribution in [-0.4, -0.2) is 10.1 Å². The highest BCUT2D eigenvalue weighted by Gasteiger charge is 2.12. The van der Waals surface area contributed by atoms with Gasteiger partial charge >= 0.3 is 0 Å². The van der Waals surface area contributed by atoms with Gasteiger partial charge in [0.1, 0.15) is 5.69 Å². The summed E-state index contributed by atoms with van der Waals surface area (Å²) < 4.78 is 6.52. The predicted octanol–water partition coefficient (Wildman–Crippen LogP) is 3.05. The van der Waals surface area contributed by atoms with Crippen molar-refractivity contribution in [3.63, 3.8) is 0 Å². The number of benzene rings is 1. The van der Waals surface area contributed by atoms with E-state index in [0.29, 0.717) is 11.5 Å². The topological polar surface area (TPSA) is 46.3 Å². The fraction of sp³-hybridized carbons (Fsp3) is 0.0833. The quantitative estimate of drug-likeness (QED) is 0.737. The lowest BCUT2D eigenvalue weighted by molar-refractivity contribution is 0.277. The molecule has 0 aliphatic carbocycles. The summed E-state index contributed by atoms with van der Waals surface area (Å²) in [5, 5.41) is 10.3. The largest absolute Gasteiger partial charge is 0.442 e. The zero-order valence-corrected chi connectivity index (χ0v) is 9.20. The maximum Gasteiger partial charge on any atom is 0.181 e. The molecule has 0 fully saturated rings. The Morgan fingerprint density at radius 1 is 1.31 bits per heavy atom.